The van der Waals surface area contributed by atoms with E-state index in [-0.39, 0.29) is 5.97 Å². The molecule has 4 nitrogen and oxygen atoms in total. The van der Waals surface area contributed by atoms with E-state index in [1.807, 2.05) is 48.7 Å². The van der Waals surface area contributed by atoms with Crippen molar-refractivity contribution in [2.24, 2.45) is 0 Å². The summed E-state index contributed by atoms with van der Waals surface area (Å²) in [6, 6.07) is 11.8. The van der Waals surface area contributed by atoms with E-state index in [1.54, 1.807) is 6.07 Å². The van der Waals surface area contributed by atoms with Gasteiger partial charge >= 0.3 is 5.97 Å². The van der Waals surface area contributed by atoms with E-state index in [0.29, 0.717) is 12.2 Å². The van der Waals surface area contributed by atoms with E-state index in [2.05, 4.69) is 0 Å². The summed E-state index contributed by atoms with van der Waals surface area (Å²) in [5.41, 5.74) is 4.37. The zero-order valence-corrected chi connectivity index (χ0v) is 12.3. The Bertz CT molecular complexity index is 796. The van der Waals surface area contributed by atoms with Crippen molar-refractivity contribution in [3.63, 3.8) is 0 Å². The normalized spacial score (nSPS) is 11.0. The van der Waals surface area contributed by atoms with Crippen LogP contribution in [0.3, 0.4) is 0 Å². The maximum absolute atomic E-state index is 12.0. The Morgan fingerprint density at radius 2 is 1.95 bits per heavy atom. The van der Waals surface area contributed by atoms with Gasteiger partial charge in [0.05, 0.1) is 12.6 Å². The third-order valence-electron chi connectivity index (χ3n) is 3.79. The van der Waals surface area contributed by atoms with Gasteiger partial charge in [0.1, 0.15) is 11.5 Å². The lowest BCUT2D eigenvalue weighted by molar-refractivity contribution is 0.0589. The maximum Gasteiger partial charge on any atom is 0.354 e. The Morgan fingerprint density at radius 1 is 1.24 bits per heavy atom. The van der Waals surface area contributed by atoms with Gasteiger partial charge in [0.2, 0.25) is 0 Å². The smallest absolute Gasteiger partial charge is 0.354 e. The van der Waals surface area contributed by atoms with E-state index < -0.39 is 0 Å². The Kier molecular flexibility index (Phi) is 3.29. The van der Waals surface area contributed by atoms with Crippen LogP contribution in [0.25, 0.3) is 11.1 Å². The summed E-state index contributed by atoms with van der Waals surface area (Å²) in [6.07, 6.45) is 0. The van der Waals surface area contributed by atoms with Crippen LogP contribution in [0.2, 0.25) is 0 Å². The number of nitrogens with zero attached hydrogens (tertiary/aromatic N) is 1. The minimum Gasteiger partial charge on any atom is -0.464 e. The number of aromatic nitrogens is 1. The first-order valence-electron chi connectivity index (χ1n) is 6.83. The van der Waals surface area contributed by atoms with Crippen molar-refractivity contribution in [2.45, 2.75) is 20.4 Å². The Labute approximate surface area is 122 Å². The fourth-order valence-corrected chi connectivity index (χ4v) is 2.60. The molecule has 0 aliphatic heterocycles. The lowest BCUT2D eigenvalue weighted by atomic mass is 10.2. The fourth-order valence-electron chi connectivity index (χ4n) is 2.60. The maximum atomic E-state index is 12.0. The average Bonchev–Trinajstić information content (AvgIpc) is 2.97. The molecular weight excluding hydrogens is 266 g/mol. The van der Waals surface area contributed by atoms with Crippen LogP contribution >= 0.6 is 0 Å². The minimum atomic E-state index is -0.352. The van der Waals surface area contributed by atoms with Crippen LogP contribution in [0.15, 0.2) is 40.8 Å². The molecule has 0 atom stereocenters. The minimum absolute atomic E-state index is 0.352. The summed E-state index contributed by atoms with van der Waals surface area (Å²) in [6.45, 7) is 4.54. The lowest BCUT2D eigenvalue weighted by Gasteiger charge is -2.09. The van der Waals surface area contributed by atoms with E-state index in [4.69, 9.17) is 9.15 Å². The molecule has 0 unspecified atom stereocenters. The fraction of sp³-hybridized carbons (Fsp3) is 0.235. The molecule has 0 aliphatic carbocycles. The number of ether oxygens (including phenoxy) is 1. The van der Waals surface area contributed by atoms with Gasteiger partial charge in [-0.25, -0.2) is 4.79 Å². The molecule has 2 aromatic heterocycles. The van der Waals surface area contributed by atoms with Crippen LogP contribution in [0.5, 0.6) is 0 Å². The molecular formula is C17H17NO3. The van der Waals surface area contributed by atoms with Crippen molar-refractivity contribution in [3.8, 4) is 0 Å². The molecule has 0 bridgehead atoms. The molecule has 3 rings (SSSR count). The topological polar surface area (TPSA) is 44.4 Å². The predicted octanol–water partition coefficient (Wildman–Crippen LogP) is 3.69. The van der Waals surface area contributed by atoms with Crippen LogP contribution in [0.4, 0.5) is 0 Å². The van der Waals surface area contributed by atoms with E-state index in [1.165, 1.54) is 7.11 Å². The number of fused-ring (bicyclic) bond motifs is 1. The highest BCUT2D eigenvalue weighted by Crippen LogP contribution is 2.29. The van der Waals surface area contributed by atoms with Crippen LogP contribution in [0, 0.1) is 13.8 Å². The van der Waals surface area contributed by atoms with Crippen molar-refractivity contribution in [1.82, 2.24) is 4.57 Å². The van der Waals surface area contributed by atoms with Crippen LogP contribution < -0.4 is 0 Å². The lowest BCUT2D eigenvalue weighted by Crippen LogP contribution is -2.11. The number of aryl methyl sites for hydroxylation is 2. The van der Waals surface area contributed by atoms with Gasteiger partial charge in [-0.15, -0.1) is 0 Å². The number of carbonyl (C=O) groups excluding carboxylic acids is 1. The second-order valence-electron chi connectivity index (χ2n) is 5.09. The average molecular weight is 283 g/mol. The number of methoxy groups -OCH3 is 1. The number of benzene rings is 1. The zero-order chi connectivity index (χ0) is 15.0. The molecule has 0 saturated carbocycles. The number of furan rings is 1. The molecule has 0 aliphatic rings. The SMILES string of the molecule is COC(=O)c1cc2oc(C)c(C)c2n1Cc1ccccc1. The summed E-state index contributed by atoms with van der Waals surface area (Å²) in [5.74, 6) is 0.521. The quantitative estimate of drug-likeness (QED) is 0.689. The van der Waals surface area contributed by atoms with Crippen molar-refractivity contribution in [2.75, 3.05) is 7.11 Å². The van der Waals surface area contributed by atoms with E-state index >= 15 is 0 Å². The summed E-state index contributed by atoms with van der Waals surface area (Å²) < 4.78 is 12.6. The molecule has 3 aromatic rings. The second-order valence-corrected chi connectivity index (χ2v) is 5.09. The highest BCUT2D eigenvalue weighted by Gasteiger charge is 2.21. The van der Waals surface area contributed by atoms with Crippen LogP contribution in [-0.2, 0) is 11.3 Å². The molecule has 1 aromatic carbocycles. The second kappa shape index (κ2) is 5.13. The van der Waals surface area contributed by atoms with Crippen LogP contribution in [0.1, 0.15) is 27.4 Å². The van der Waals surface area contributed by atoms with Crippen molar-refractivity contribution < 1.29 is 13.9 Å². The first-order chi connectivity index (χ1) is 10.1. The number of hydrogen-bond donors (Lipinski definition) is 0. The summed E-state index contributed by atoms with van der Waals surface area (Å²) in [7, 11) is 1.39. The number of hydrogen-bond acceptors (Lipinski definition) is 3. The molecule has 21 heavy (non-hydrogen) atoms. The first kappa shape index (κ1) is 13.5. The standard InChI is InChI=1S/C17H17NO3/c1-11-12(2)21-15-9-14(17(19)20-3)18(16(11)15)10-13-7-5-4-6-8-13/h4-9H,10H2,1-3H3. The molecule has 0 spiro atoms. The van der Waals surface area contributed by atoms with Gasteiger partial charge in [-0.1, -0.05) is 30.3 Å². The van der Waals surface area contributed by atoms with Gasteiger partial charge in [-0.3, -0.25) is 0 Å². The van der Waals surface area contributed by atoms with E-state index in [9.17, 15) is 4.79 Å². The third-order valence-corrected chi connectivity index (χ3v) is 3.79. The highest BCUT2D eigenvalue weighted by atomic mass is 16.5. The number of carbonyl (C=O) groups is 1. The van der Waals surface area contributed by atoms with Crippen molar-refractivity contribution in [3.05, 3.63) is 59.0 Å². The van der Waals surface area contributed by atoms with E-state index in [0.717, 1.165) is 28.0 Å². The highest BCUT2D eigenvalue weighted by molar-refractivity contribution is 5.95. The molecule has 4 heteroatoms. The van der Waals surface area contributed by atoms with Gasteiger partial charge in [0, 0.05) is 18.2 Å². The van der Waals surface area contributed by atoms with Gasteiger partial charge < -0.3 is 13.7 Å². The third kappa shape index (κ3) is 2.23. The van der Waals surface area contributed by atoms with Crippen molar-refractivity contribution in [1.29, 1.82) is 0 Å². The molecule has 0 N–H and O–H groups in total. The van der Waals surface area contributed by atoms with Gasteiger partial charge in [-0.2, -0.15) is 0 Å². The zero-order valence-electron chi connectivity index (χ0n) is 12.3. The molecule has 0 fully saturated rings. The Hall–Kier alpha value is -2.49. The monoisotopic (exact) mass is 283 g/mol. The first-order valence-corrected chi connectivity index (χ1v) is 6.83. The van der Waals surface area contributed by atoms with Gasteiger partial charge in [0.15, 0.2) is 5.58 Å². The Balaban J connectivity index is 2.18. The number of rotatable bonds is 3. The number of esters is 1. The Morgan fingerprint density at radius 3 is 2.62 bits per heavy atom. The molecule has 2 heterocycles. The summed E-state index contributed by atoms with van der Waals surface area (Å²) in [5, 5.41) is 0. The largest absolute Gasteiger partial charge is 0.464 e. The predicted molar refractivity (Wildman–Crippen MR) is 80.6 cm³/mol. The summed E-state index contributed by atoms with van der Waals surface area (Å²) in [4.78, 5) is 12.0. The van der Waals surface area contributed by atoms with Gasteiger partial charge in [-0.05, 0) is 19.4 Å². The molecule has 0 amide bonds. The van der Waals surface area contributed by atoms with Gasteiger partial charge in [0.25, 0.3) is 0 Å². The molecule has 0 radical (unpaired) electrons. The molecule has 0 saturated heterocycles. The van der Waals surface area contributed by atoms with Crippen LogP contribution in [-0.4, -0.2) is 17.6 Å². The summed E-state index contributed by atoms with van der Waals surface area (Å²) >= 11 is 0. The van der Waals surface area contributed by atoms with Crippen molar-refractivity contribution >= 4 is 17.1 Å². The molecule has 108 valence electrons.